The van der Waals surface area contributed by atoms with Crippen molar-refractivity contribution in [3.05, 3.63) is 39.9 Å². The van der Waals surface area contributed by atoms with E-state index in [0.717, 1.165) is 5.56 Å². The zero-order valence-electron chi connectivity index (χ0n) is 10.2. The maximum absolute atomic E-state index is 11.7. The molecule has 1 aromatic rings. The van der Waals surface area contributed by atoms with Crippen LogP contribution in [0.3, 0.4) is 0 Å². The van der Waals surface area contributed by atoms with Crippen molar-refractivity contribution in [1.82, 2.24) is 10.4 Å². The lowest BCUT2D eigenvalue weighted by Gasteiger charge is -2.26. The summed E-state index contributed by atoms with van der Waals surface area (Å²) in [6, 6.07) is 5.14. The molecule has 0 atom stereocenters. The first-order chi connectivity index (χ1) is 9.15. The van der Waals surface area contributed by atoms with Gasteiger partial charge in [-0.3, -0.25) is 10.2 Å². The highest BCUT2D eigenvalue weighted by atomic mass is 35.5. The SMILES string of the molecule is O=C(C=Cc1ccc(Cl)cc1Cl)NN1CCOCC1. The van der Waals surface area contributed by atoms with Crippen molar-refractivity contribution >= 4 is 35.2 Å². The maximum Gasteiger partial charge on any atom is 0.258 e. The third-order valence-electron chi connectivity index (χ3n) is 2.66. The highest BCUT2D eigenvalue weighted by Gasteiger charge is 2.11. The van der Waals surface area contributed by atoms with Crippen LogP contribution in [0.25, 0.3) is 6.08 Å². The number of hydrazine groups is 1. The molecule has 2 rings (SSSR count). The fraction of sp³-hybridized carbons (Fsp3) is 0.308. The van der Waals surface area contributed by atoms with E-state index in [-0.39, 0.29) is 5.91 Å². The summed E-state index contributed by atoms with van der Waals surface area (Å²) < 4.78 is 5.20. The second-order valence-electron chi connectivity index (χ2n) is 4.07. The van der Waals surface area contributed by atoms with Gasteiger partial charge in [0.15, 0.2) is 0 Å². The standard InChI is InChI=1S/C13H14Cl2N2O2/c14-11-3-1-10(12(15)9-11)2-4-13(18)16-17-5-7-19-8-6-17/h1-4,9H,5-8H2,(H,16,18). The Kier molecular flexibility index (Phi) is 5.22. The Morgan fingerprint density at radius 2 is 2.05 bits per heavy atom. The zero-order chi connectivity index (χ0) is 13.7. The van der Waals surface area contributed by atoms with Crippen LogP contribution in [0.4, 0.5) is 0 Å². The molecule has 1 saturated heterocycles. The Balaban J connectivity index is 1.92. The highest BCUT2D eigenvalue weighted by molar-refractivity contribution is 6.35. The van der Waals surface area contributed by atoms with Gasteiger partial charge in [0.25, 0.3) is 5.91 Å². The summed E-state index contributed by atoms with van der Waals surface area (Å²) in [4.78, 5) is 11.7. The number of ether oxygens (including phenoxy) is 1. The lowest BCUT2D eigenvalue weighted by Crippen LogP contribution is -2.47. The topological polar surface area (TPSA) is 41.6 Å². The molecule has 0 unspecified atom stereocenters. The second-order valence-corrected chi connectivity index (χ2v) is 4.92. The van der Waals surface area contributed by atoms with Crippen molar-refractivity contribution in [3.8, 4) is 0 Å². The number of nitrogens with one attached hydrogen (secondary N) is 1. The molecule has 19 heavy (non-hydrogen) atoms. The van der Waals surface area contributed by atoms with Crippen LogP contribution >= 0.6 is 23.2 Å². The van der Waals surface area contributed by atoms with E-state index >= 15 is 0 Å². The third kappa shape index (κ3) is 4.51. The molecule has 1 N–H and O–H groups in total. The van der Waals surface area contributed by atoms with Gasteiger partial charge in [-0.25, -0.2) is 5.01 Å². The van der Waals surface area contributed by atoms with Crippen LogP contribution in [0, 0.1) is 0 Å². The lowest BCUT2D eigenvalue weighted by molar-refractivity contribution is -0.123. The minimum absolute atomic E-state index is 0.187. The molecule has 1 aromatic carbocycles. The minimum Gasteiger partial charge on any atom is -0.379 e. The summed E-state index contributed by atoms with van der Waals surface area (Å²) in [5.41, 5.74) is 3.53. The fourth-order valence-electron chi connectivity index (χ4n) is 1.67. The maximum atomic E-state index is 11.7. The molecule has 1 aliphatic heterocycles. The van der Waals surface area contributed by atoms with E-state index in [4.69, 9.17) is 27.9 Å². The average molecular weight is 301 g/mol. The average Bonchev–Trinajstić information content (AvgIpc) is 2.39. The molecule has 102 valence electrons. The van der Waals surface area contributed by atoms with Gasteiger partial charge in [-0.05, 0) is 23.8 Å². The Hall–Kier alpha value is -1.07. The smallest absolute Gasteiger partial charge is 0.258 e. The first-order valence-electron chi connectivity index (χ1n) is 5.91. The van der Waals surface area contributed by atoms with E-state index in [1.54, 1.807) is 24.3 Å². The third-order valence-corrected chi connectivity index (χ3v) is 3.22. The summed E-state index contributed by atoms with van der Waals surface area (Å²) in [5.74, 6) is -0.187. The number of benzene rings is 1. The van der Waals surface area contributed by atoms with Gasteiger partial charge < -0.3 is 4.74 Å². The number of morpholine rings is 1. The molecule has 0 spiro atoms. The van der Waals surface area contributed by atoms with Gasteiger partial charge in [-0.1, -0.05) is 29.3 Å². The van der Waals surface area contributed by atoms with Crippen molar-refractivity contribution in [2.75, 3.05) is 26.3 Å². The van der Waals surface area contributed by atoms with E-state index in [9.17, 15) is 4.79 Å². The quantitative estimate of drug-likeness (QED) is 0.872. The molecule has 1 heterocycles. The Morgan fingerprint density at radius 3 is 2.74 bits per heavy atom. The molecule has 1 amide bonds. The lowest BCUT2D eigenvalue weighted by atomic mass is 10.2. The Morgan fingerprint density at radius 1 is 1.32 bits per heavy atom. The number of hydrogen-bond acceptors (Lipinski definition) is 3. The number of amides is 1. The Bertz CT molecular complexity index is 486. The van der Waals surface area contributed by atoms with Gasteiger partial charge in [0.05, 0.1) is 13.2 Å². The predicted molar refractivity (Wildman–Crippen MR) is 76.0 cm³/mol. The summed E-state index contributed by atoms with van der Waals surface area (Å²) in [5, 5.41) is 2.92. The van der Waals surface area contributed by atoms with Crippen molar-refractivity contribution in [2.24, 2.45) is 0 Å². The Labute approximate surface area is 121 Å². The van der Waals surface area contributed by atoms with Gasteiger partial charge in [0, 0.05) is 29.2 Å². The molecule has 0 aliphatic carbocycles. The van der Waals surface area contributed by atoms with Gasteiger partial charge >= 0.3 is 0 Å². The summed E-state index contributed by atoms with van der Waals surface area (Å²) in [7, 11) is 0. The van der Waals surface area contributed by atoms with E-state index in [1.807, 2.05) is 5.01 Å². The summed E-state index contributed by atoms with van der Waals surface area (Å²) >= 11 is 11.8. The van der Waals surface area contributed by atoms with Gasteiger partial charge in [0.2, 0.25) is 0 Å². The molecule has 1 aliphatic rings. The molecule has 0 aromatic heterocycles. The summed E-state index contributed by atoms with van der Waals surface area (Å²) in [6.45, 7) is 2.66. The molecule has 0 saturated carbocycles. The zero-order valence-corrected chi connectivity index (χ0v) is 11.7. The molecule has 1 fully saturated rings. The molecule has 0 bridgehead atoms. The largest absolute Gasteiger partial charge is 0.379 e. The number of carbonyl (C=O) groups excluding carboxylic acids is 1. The van der Waals surface area contributed by atoms with Crippen LogP contribution in [-0.2, 0) is 9.53 Å². The van der Waals surface area contributed by atoms with Crippen LogP contribution < -0.4 is 5.43 Å². The summed E-state index contributed by atoms with van der Waals surface area (Å²) in [6.07, 6.45) is 3.11. The van der Waals surface area contributed by atoms with Crippen molar-refractivity contribution < 1.29 is 9.53 Å². The van der Waals surface area contributed by atoms with E-state index < -0.39 is 0 Å². The second kappa shape index (κ2) is 6.91. The first kappa shape index (κ1) is 14.3. The predicted octanol–water partition coefficient (Wildman–Crippen LogP) is 2.37. The van der Waals surface area contributed by atoms with Crippen molar-refractivity contribution in [3.63, 3.8) is 0 Å². The molecular formula is C13H14Cl2N2O2. The van der Waals surface area contributed by atoms with Crippen LogP contribution in [0.15, 0.2) is 24.3 Å². The molecule has 0 radical (unpaired) electrons. The minimum atomic E-state index is -0.187. The number of carbonyl (C=O) groups is 1. The molecular weight excluding hydrogens is 287 g/mol. The number of nitrogens with zero attached hydrogens (tertiary/aromatic N) is 1. The first-order valence-corrected chi connectivity index (χ1v) is 6.67. The van der Waals surface area contributed by atoms with E-state index in [2.05, 4.69) is 5.43 Å². The van der Waals surface area contributed by atoms with Gasteiger partial charge in [-0.2, -0.15) is 0 Å². The monoisotopic (exact) mass is 300 g/mol. The number of halogens is 2. The van der Waals surface area contributed by atoms with Crippen LogP contribution in [0.5, 0.6) is 0 Å². The van der Waals surface area contributed by atoms with Gasteiger partial charge in [-0.15, -0.1) is 0 Å². The van der Waals surface area contributed by atoms with Crippen molar-refractivity contribution in [1.29, 1.82) is 0 Å². The number of rotatable bonds is 3. The van der Waals surface area contributed by atoms with E-state index in [0.29, 0.717) is 36.3 Å². The van der Waals surface area contributed by atoms with E-state index in [1.165, 1.54) is 6.08 Å². The van der Waals surface area contributed by atoms with Gasteiger partial charge in [0.1, 0.15) is 0 Å². The van der Waals surface area contributed by atoms with Crippen molar-refractivity contribution in [2.45, 2.75) is 0 Å². The van der Waals surface area contributed by atoms with Crippen LogP contribution in [0.2, 0.25) is 10.0 Å². The number of hydrogen-bond donors (Lipinski definition) is 1. The fourth-order valence-corrected chi connectivity index (χ4v) is 2.14. The molecule has 6 heteroatoms. The normalized spacial score (nSPS) is 16.7. The van der Waals surface area contributed by atoms with Crippen LogP contribution in [0.1, 0.15) is 5.56 Å². The molecule has 4 nitrogen and oxygen atoms in total. The van der Waals surface area contributed by atoms with Crippen LogP contribution in [-0.4, -0.2) is 37.2 Å². The highest BCUT2D eigenvalue weighted by Crippen LogP contribution is 2.21.